The molecule has 0 fully saturated rings. The molecular weight excluding hydrogens is 238 g/mol. The van der Waals surface area contributed by atoms with Crippen LogP contribution in [0.4, 0.5) is 5.69 Å². The maximum Gasteiger partial charge on any atom is 0.172 e. The third-order valence-electron chi connectivity index (χ3n) is 2.06. The molecule has 84 valence electrons. The van der Waals surface area contributed by atoms with E-state index in [0.717, 1.165) is 0 Å². The molecule has 2 aromatic rings. The van der Waals surface area contributed by atoms with E-state index < -0.39 is 0 Å². The first-order chi connectivity index (χ1) is 8.20. The second-order valence-corrected chi connectivity index (χ2v) is 3.69. The third-order valence-corrected chi connectivity index (χ3v) is 2.33. The highest BCUT2D eigenvalue weighted by atomic mass is 35.5. The van der Waals surface area contributed by atoms with Crippen LogP contribution in [0.2, 0.25) is 5.02 Å². The maximum absolute atomic E-state index is 8.77. The Morgan fingerprint density at radius 2 is 2.18 bits per heavy atom. The first-order valence-corrected chi connectivity index (χ1v) is 5.15. The average molecular weight is 246 g/mol. The molecule has 0 unspecified atom stereocenters. The maximum atomic E-state index is 8.77. The molecule has 0 radical (unpaired) electrons. The van der Waals surface area contributed by atoms with Gasteiger partial charge in [0.25, 0.3) is 0 Å². The summed E-state index contributed by atoms with van der Waals surface area (Å²) in [5.74, 6) is 0.848. The Labute approximate surface area is 103 Å². The van der Waals surface area contributed by atoms with Gasteiger partial charge in [-0.1, -0.05) is 17.7 Å². The predicted octanol–water partition coefficient (Wildman–Crippen LogP) is 2.98. The third kappa shape index (κ3) is 2.47. The number of anilines is 1. The van der Waals surface area contributed by atoms with Gasteiger partial charge in [-0.25, -0.2) is 0 Å². The van der Waals surface area contributed by atoms with Crippen LogP contribution in [0, 0.1) is 11.3 Å². The highest BCUT2D eigenvalue weighted by Gasteiger charge is 2.08. The van der Waals surface area contributed by atoms with Gasteiger partial charge in [-0.15, -0.1) is 0 Å². The Bertz CT molecular complexity index is 572. The van der Waals surface area contributed by atoms with Crippen molar-refractivity contribution >= 4 is 17.3 Å². The number of nitrogens with zero attached hydrogens (tertiary/aromatic N) is 2. The van der Waals surface area contributed by atoms with Gasteiger partial charge in [0.2, 0.25) is 0 Å². The fourth-order valence-electron chi connectivity index (χ4n) is 1.29. The van der Waals surface area contributed by atoms with Crippen LogP contribution >= 0.6 is 11.6 Å². The summed E-state index contributed by atoms with van der Waals surface area (Å²) in [7, 11) is 0. The first-order valence-electron chi connectivity index (χ1n) is 4.77. The van der Waals surface area contributed by atoms with Gasteiger partial charge in [0.05, 0.1) is 23.5 Å². The molecule has 0 aliphatic carbocycles. The van der Waals surface area contributed by atoms with Crippen molar-refractivity contribution in [2.45, 2.75) is 0 Å². The second-order valence-electron chi connectivity index (χ2n) is 3.28. The normalized spacial score (nSPS) is 9.65. The minimum Gasteiger partial charge on any atom is -0.453 e. The minimum atomic E-state index is 0.326. The molecule has 0 aliphatic heterocycles. The number of pyridine rings is 1. The fraction of sp³-hybridized carbons (Fsp3) is 0. The van der Waals surface area contributed by atoms with Crippen LogP contribution in [-0.4, -0.2) is 4.98 Å². The lowest BCUT2D eigenvalue weighted by Gasteiger charge is -2.09. The summed E-state index contributed by atoms with van der Waals surface area (Å²) in [6.45, 7) is 0. The number of rotatable bonds is 2. The van der Waals surface area contributed by atoms with Gasteiger partial charge in [0, 0.05) is 6.20 Å². The molecule has 2 N–H and O–H groups in total. The molecule has 0 spiro atoms. The number of nitrogen functional groups attached to an aromatic ring is 1. The molecule has 17 heavy (non-hydrogen) atoms. The van der Waals surface area contributed by atoms with Gasteiger partial charge in [-0.05, 0) is 18.2 Å². The Kier molecular flexibility index (Phi) is 3.12. The number of nitriles is 1. The number of hydrogen-bond donors (Lipinski definition) is 1. The van der Waals surface area contributed by atoms with E-state index in [1.807, 2.05) is 6.07 Å². The molecular formula is C12H8ClN3O. The van der Waals surface area contributed by atoms with Crippen molar-refractivity contribution in [2.75, 3.05) is 5.73 Å². The molecule has 0 amide bonds. The van der Waals surface area contributed by atoms with E-state index in [4.69, 9.17) is 27.3 Å². The van der Waals surface area contributed by atoms with Crippen molar-refractivity contribution in [1.82, 2.24) is 4.98 Å². The Morgan fingerprint density at radius 1 is 1.35 bits per heavy atom. The van der Waals surface area contributed by atoms with Crippen molar-refractivity contribution in [3.8, 4) is 17.6 Å². The predicted molar refractivity (Wildman–Crippen MR) is 64.9 cm³/mol. The Balaban J connectivity index is 2.35. The van der Waals surface area contributed by atoms with E-state index in [9.17, 15) is 0 Å². The lowest BCUT2D eigenvalue weighted by Crippen LogP contribution is -1.94. The van der Waals surface area contributed by atoms with Crippen molar-refractivity contribution in [2.24, 2.45) is 0 Å². The lowest BCUT2D eigenvalue weighted by atomic mass is 10.2. The number of benzene rings is 1. The summed E-state index contributed by atoms with van der Waals surface area (Å²) in [6.07, 6.45) is 2.90. The highest BCUT2D eigenvalue weighted by molar-refractivity contribution is 6.32. The van der Waals surface area contributed by atoms with Gasteiger partial charge in [-0.2, -0.15) is 5.26 Å². The van der Waals surface area contributed by atoms with Crippen LogP contribution in [0.15, 0.2) is 36.7 Å². The molecule has 0 saturated heterocycles. The van der Waals surface area contributed by atoms with Crippen molar-refractivity contribution < 1.29 is 4.74 Å². The molecule has 0 bridgehead atoms. The van der Waals surface area contributed by atoms with Crippen LogP contribution in [-0.2, 0) is 0 Å². The number of nitrogens with two attached hydrogens (primary N) is 1. The molecule has 0 saturated carbocycles. The number of halogens is 1. The molecule has 1 aromatic carbocycles. The van der Waals surface area contributed by atoms with E-state index in [1.54, 1.807) is 24.3 Å². The van der Waals surface area contributed by atoms with Crippen LogP contribution in [0.25, 0.3) is 0 Å². The molecule has 1 aromatic heterocycles. The van der Waals surface area contributed by atoms with Crippen molar-refractivity contribution in [1.29, 1.82) is 5.26 Å². The lowest BCUT2D eigenvalue weighted by molar-refractivity contribution is 0.484. The summed E-state index contributed by atoms with van der Waals surface area (Å²) in [5, 5.41) is 9.10. The number of hydrogen-bond acceptors (Lipinski definition) is 4. The van der Waals surface area contributed by atoms with E-state index in [-0.39, 0.29) is 0 Å². The zero-order chi connectivity index (χ0) is 12.3. The average Bonchev–Trinajstić information content (AvgIpc) is 2.34. The molecule has 4 nitrogen and oxygen atoms in total. The largest absolute Gasteiger partial charge is 0.453 e. The van der Waals surface area contributed by atoms with Crippen LogP contribution in [0.1, 0.15) is 5.56 Å². The molecule has 5 heteroatoms. The van der Waals surface area contributed by atoms with Crippen LogP contribution in [0.3, 0.4) is 0 Å². The van der Waals surface area contributed by atoms with Crippen molar-refractivity contribution in [3.63, 3.8) is 0 Å². The first kappa shape index (κ1) is 11.2. The van der Waals surface area contributed by atoms with Gasteiger partial charge < -0.3 is 10.5 Å². The van der Waals surface area contributed by atoms with Gasteiger partial charge in [-0.3, -0.25) is 4.98 Å². The number of ether oxygens (including phenoxy) is 1. The van der Waals surface area contributed by atoms with E-state index in [1.165, 1.54) is 12.4 Å². The van der Waals surface area contributed by atoms with Gasteiger partial charge >= 0.3 is 0 Å². The standard InChI is InChI=1S/C12H8ClN3O/c13-10-6-16-7-11(15)12(10)17-9-3-1-2-8(4-9)5-14/h1-4,6-7H,15H2. The minimum absolute atomic E-state index is 0.326. The van der Waals surface area contributed by atoms with Crippen LogP contribution in [0.5, 0.6) is 11.5 Å². The Hall–Kier alpha value is -2.25. The topological polar surface area (TPSA) is 71.9 Å². The highest BCUT2D eigenvalue weighted by Crippen LogP contribution is 2.33. The fourth-order valence-corrected chi connectivity index (χ4v) is 1.50. The molecule has 1 heterocycles. The van der Waals surface area contributed by atoms with E-state index in [2.05, 4.69) is 4.98 Å². The number of aromatic nitrogens is 1. The van der Waals surface area contributed by atoms with E-state index in [0.29, 0.717) is 27.8 Å². The molecule has 0 atom stereocenters. The van der Waals surface area contributed by atoms with Crippen molar-refractivity contribution in [3.05, 3.63) is 47.2 Å². The summed E-state index contributed by atoms with van der Waals surface area (Å²) in [5.41, 5.74) is 6.56. The molecule has 2 rings (SSSR count). The zero-order valence-electron chi connectivity index (χ0n) is 8.72. The quantitative estimate of drug-likeness (QED) is 0.883. The summed E-state index contributed by atoms with van der Waals surface area (Å²) in [4.78, 5) is 3.83. The SMILES string of the molecule is N#Cc1cccc(Oc2c(N)cncc2Cl)c1. The van der Waals surface area contributed by atoms with Gasteiger partial charge in [0.1, 0.15) is 10.8 Å². The Morgan fingerprint density at radius 3 is 2.88 bits per heavy atom. The van der Waals surface area contributed by atoms with Gasteiger partial charge in [0.15, 0.2) is 5.75 Å². The monoisotopic (exact) mass is 245 g/mol. The second kappa shape index (κ2) is 4.73. The van der Waals surface area contributed by atoms with Crippen LogP contribution < -0.4 is 10.5 Å². The summed E-state index contributed by atoms with van der Waals surface area (Å²) >= 11 is 5.92. The summed E-state index contributed by atoms with van der Waals surface area (Å²) in [6, 6.07) is 8.76. The summed E-state index contributed by atoms with van der Waals surface area (Å²) < 4.78 is 5.53. The zero-order valence-corrected chi connectivity index (χ0v) is 9.48. The smallest absolute Gasteiger partial charge is 0.172 e. The molecule has 0 aliphatic rings. The van der Waals surface area contributed by atoms with E-state index >= 15 is 0 Å².